The van der Waals surface area contributed by atoms with Crippen molar-refractivity contribution < 1.29 is 19.5 Å². The summed E-state index contributed by atoms with van der Waals surface area (Å²) >= 11 is 0. The zero-order valence-corrected chi connectivity index (χ0v) is 20.6. The Kier molecular flexibility index (Phi) is 6.58. The van der Waals surface area contributed by atoms with Gasteiger partial charge in [0, 0.05) is 30.1 Å². The molecule has 5 rings (SSSR count). The number of carbonyl (C=O) groups is 3. The van der Waals surface area contributed by atoms with Gasteiger partial charge in [0.15, 0.2) is 0 Å². The summed E-state index contributed by atoms with van der Waals surface area (Å²) in [5.74, 6) is -2.33. The largest absolute Gasteiger partial charge is 0.480 e. The maximum Gasteiger partial charge on any atom is 0.329 e. The van der Waals surface area contributed by atoms with Crippen molar-refractivity contribution in [1.29, 1.82) is 0 Å². The van der Waals surface area contributed by atoms with Crippen LogP contribution in [0.1, 0.15) is 31.4 Å². The number of H-pyrrole nitrogens is 2. The molecule has 0 aliphatic carbocycles. The molecule has 3 atom stereocenters. The first-order valence-corrected chi connectivity index (χ1v) is 12.4. The smallest absolute Gasteiger partial charge is 0.329 e. The van der Waals surface area contributed by atoms with Gasteiger partial charge < -0.3 is 25.3 Å². The van der Waals surface area contributed by atoms with Crippen molar-refractivity contribution in [3.8, 4) is 0 Å². The summed E-state index contributed by atoms with van der Waals surface area (Å²) in [5.41, 5.74) is 0.512. The number of aromatic amines is 2. The minimum absolute atomic E-state index is 0.000447. The Morgan fingerprint density at radius 3 is 2.47 bits per heavy atom. The van der Waals surface area contributed by atoms with Gasteiger partial charge in [-0.3, -0.25) is 14.4 Å². The van der Waals surface area contributed by atoms with Gasteiger partial charge in [0.2, 0.25) is 11.8 Å². The number of para-hydroxylation sites is 2. The molecule has 2 amide bonds. The second-order valence-corrected chi connectivity index (χ2v) is 9.49. The van der Waals surface area contributed by atoms with Crippen LogP contribution in [0.4, 0.5) is 0 Å². The van der Waals surface area contributed by atoms with Crippen molar-refractivity contribution in [3.05, 3.63) is 81.1 Å². The van der Waals surface area contributed by atoms with E-state index in [0.717, 1.165) is 15.5 Å². The summed E-state index contributed by atoms with van der Waals surface area (Å²) in [6.45, 7) is 1.74. The summed E-state index contributed by atoms with van der Waals surface area (Å²) in [7, 11) is 0. The Hall–Kier alpha value is -4.67. The normalized spacial score (nSPS) is 17.0. The number of amides is 2. The monoisotopic (exact) mass is 517 g/mol. The molecule has 0 spiro atoms. The highest BCUT2D eigenvalue weighted by molar-refractivity contribution is 5.92. The van der Waals surface area contributed by atoms with E-state index in [1.807, 2.05) is 24.3 Å². The number of nitrogens with zero attached hydrogens (tertiary/aromatic N) is 2. The Morgan fingerprint density at radius 2 is 1.74 bits per heavy atom. The Bertz CT molecular complexity index is 1670. The average Bonchev–Trinajstić information content (AvgIpc) is 3.55. The predicted octanol–water partition coefficient (Wildman–Crippen LogP) is 1.54. The fourth-order valence-electron chi connectivity index (χ4n) is 5.18. The fourth-order valence-corrected chi connectivity index (χ4v) is 5.18. The molecule has 2 aromatic carbocycles. The second kappa shape index (κ2) is 10.0. The van der Waals surface area contributed by atoms with Gasteiger partial charge in [0.1, 0.15) is 18.1 Å². The number of aromatic nitrogens is 3. The second-order valence-electron chi connectivity index (χ2n) is 9.49. The van der Waals surface area contributed by atoms with Crippen LogP contribution in [-0.2, 0) is 20.8 Å². The maximum atomic E-state index is 13.7. The molecular weight excluding hydrogens is 490 g/mol. The summed E-state index contributed by atoms with van der Waals surface area (Å²) in [6, 6.07) is 10.7. The minimum Gasteiger partial charge on any atom is -0.480 e. The van der Waals surface area contributed by atoms with Crippen molar-refractivity contribution in [2.45, 2.75) is 44.3 Å². The first-order valence-electron chi connectivity index (χ1n) is 12.4. The lowest BCUT2D eigenvalue weighted by Crippen LogP contribution is -2.53. The van der Waals surface area contributed by atoms with Crippen molar-refractivity contribution in [2.24, 2.45) is 0 Å². The summed E-state index contributed by atoms with van der Waals surface area (Å²) in [4.78, 5) is 71.9. The van der Waals surface area contributed by atoms with Crippen LogP contribution in [0.3, 0.4) is 0 Å². The maximum absolute atomic E-state index is 13.7. The van der Waals surface area contributed by atoms with Crippen molar-refractivity contribution in [1.82, 2.24) is 24.8 Å². The highest BCUT2D eigenvalue weighted by atomic mass is 16.4. The van der Waals surface area contributed by atoms with Crippen LogP contribution in [0.5, 0.6) is 0 Å². The van der Waals surface area contributed by atoms with Gasteiger partial charge in [0.25, 0.3) is 5.56 Å². The summed E-state index contributed by atoms with van der Waals surface area (Å²) < 4.78 is 0.881. The number of benzene rings is 2. The molecule has 0 bridgehead atoms. The van der Waals surface area contributed by atoms with Crippen LogP contribution in [0.25, 0.3) is 21.8 Å². The molecule has 0 unspecified atom stereocenters. The summed E-state index contributed by atoms with van der Waals surface area (Å²) in [6.07, 6.45) is 2.61. The van der Waals surface area contributed by atoms with E-state index in [1.165, 1.54) is 11.8 Å². The third-order valence-electron chi connectivity index (χ3n) is 7.09. The Morgan fingerprint density at radius 1 is 1.05 bits per heavy atom. The molecule has 11 heteroatoms. The van der Waals surface area contributed by atoms with Crippen molar-refractivity contribution >= 4 is 39.6 Å². The van der Waals surface area contributed by atoms with Crippen molar-refractivity contribution in [3.63, 3.8) is 0 Å². The van der Waals surface area contributed by atoms with E-state index in [2.05, 4.69) is 15.3 Å². The predicted molar refractivity (Wildman–Crippen MR) is 140 cm³/mol. The van der Waals surface area contributed by atoms with E-state index in [9.17, 15) is 29.1 Å². The number of carboxylic acids is 1. The van der Waals surface area contributed by atoms with Crippen LogP contribution in [0.2, 0.25) is 0 Å². The number of carbonyl (C=O) groups excluding carboxylic acids is 2. The molecular formula is C27H27N5O6. The van der Waals surface area contributed by atoms with Gasteiger partial charge >= 0.3 is 11.7 Å². The van der Waals surface area contributed by atoms with Gasteiger partial charge in [-0.25, -0.2) is 14.2 Å². The quantitative estimate of drug-likeness (QED) is 0.291. The van der Waals surface area contributed by atoms with Crippen LogP contribution in [0.15, 0.2) is 64.3 Å². The molecule has 11 nitrogen and oxygen atoms in total. The van der Waals surface area contributed by atoms with Gasteiger partial charge in [-0.15, -0.1) is 0 Å². The number of rotatable bonds is 7. The minimum atomic E-state index is -1.28. The molecule has 0 radical (unpaired) electrons. The molecule has 4 N–H and O–H groups in total. The van der Waals surface area contributed by atoms with E-state index < -0.39 is 47.2 Å². The number of aliphatic carboxylic acids is 1. The molecule has 38 heavy (non-hydrogen) atoms. The van der Waals surface area contributed by atoms with Crippen molar-refractivity contribution in [2.75, 3.05) is 6.54 Å². The zero-order valence-electron chi connectivity index (χ0n) is 20.6. The van der Waals surface area contributed by atoms with E-state index in [1.54, 1.807) is 30.5 Å². The van der Waals surface area contributed by atoms with E-state index in [4.69, 9.17) is 0 Å². The fraction of sp³-hybridized carbons (Fsp3) is 0.296. The zero-order chi connectivity index (χ0) is 27.0. The SMILES string of the molecule is C[C@H](NC(=O)[C@H](Cc1c[nH]c2ccccc12)n1c(=O)[nH]c2ccccc2c1=O)C(=O)N1CCC[C@H]1C(=O)O. The van der Waals surface area contributed by atoms with E-state index >= 15 is 0 Å². The third-order valence-corrected chi connectivity index (χ3v) is 7.09. The standard InChI is InChI=1S/C27H27N5O6/c1-15(24(34)31-12-6-11-21(31)26(36)37)29-23(33)22(13-16-14-28-19-9-4-2-7-17(16)19)32-25(35)18-8-3-5-10-20(18)30-27(32)38/h2-5,7-10,14-15,21-22,28H,6,11-13H2,1H3,(H,29,33)(H,30,38)(H,36,37)/t15-,21-,22-/m0/s1. The topological polar surface area (TPSA) is 157 Å². The molecule has 4 aromatic rings. The number of likely N-dealkylation sites (tertiary alicyclic amines) is 1. The van der Waals surface area contributed by atoms with Crippen LogP contribution in [-0.4, -0.2) is 61.0 Å². The lowest BCUT2D eigenvalue weighted by molar-refractivity contribution is -0.149. The average molecular weight is 518 g/mol. The molecule has 1 aliphatic heterocycles. The third kappa shape index (κ3) is 4.47. The summed E-state index contributed by atoms with van der Waals surface area (Å²) in [5, 5.41) is 13.2. The van der Waals surface area contributed by atoms with Crippen LogP contribution >= 0.6 is 0 Å². The number of hydrogen-bond acceptors (Lipinski definition) is 5. The van der Waals surface area contributed by atoms with Crippen LogP contribution in [0, 0.1) is 0 Å². The molecule has 0 saturated carbocycles. The lowest BCUT2D eigenvalue weighted by Gasteiger charge is -2.27. The molecule has 2 aromatic heterocycles. The lowest BCUT2D eigenvalue weighted by atomic mass is 10.0. The van der Waals surface area contributed by atoms with Gasteiger partial charge in [-0.1, -0.05) is 30.3 Å². The first kappa shape index (κ1) is 25.0. The van der Waals surface area contributed by atoms with Gasteiger partial charge in [-0.05, 0) is 43.5 Å². The van der Waals surface area contributed by atoms with Gasteiger partial charge in [0.05, 0.1) is 10.9 Å². The van der Waals surface area contributed by atoms with E-state index in [0.29, 0.717) is 23.9 Å². The first-order chi connectivity index (χ1) is 18.3. The number of fused-ring (bicyclic) bond motifs is 2. The molecule has 1 fully saturated rings. The van der Waals surface area contributed by atoms with Gasteiger partial charge in [-0.2, -0.15) is 0 Å². The highest BCUT2D eigenvalue weighted by Gasteiger charge is 2.37. The number of carboxylic acid groups (broad SMARTS) is 1. The molecule has 196 valence electrons. The molecule has 1 aliphatic rings. The highest BCUT2D eigenvalue weighted by Crippen LogP contribution is 2.23. The molecule has 3 heterocycles. The number of hydrogen-bond donors (Lipinski definition) is 4. The Labute approximate surface area is 216 Å². The molecule has 1 saturated heterocycles. The Balaban J connectivity index is 1.52. The van der Waals surface area contributed by atoms with E-state index in [-0.39, 0.29) is 18.4 Å². The van der Waals surface area contributed by atoms with Crippen LogP contribution < -0.4 is 16.6 Å². The number of nitrogens with one attached hydrogen (secondary N) is 3.